The second-order valence-corrected chi connectivity index (χ2v) is 3.75. The number of hydrogen-bond donors (Lipinski definition) is 1. The Bertz CT molecular complexity index is 526. The van der Waals surface area contributed by atoms with Crippen LogP contribution in [0.2, 0.25) is 0 Å². The van der Waals surface area contributed by atoms with Gasteiger partial charge in [0, 0.05) is 11.9 Å². The lowest BCUT2D eigenvalue weighted by Gasteiger charge is -2.09. The number of benzene rings is 1. The van der Waals surface area contributed by atoms with Crippen LogP contribution in [-0.4, -0.2) is 18.0 Å². The number of aromatic nitrogens is 1. The van der Waals surface area contributed by atoms with E-state index in [1.54, 1.807) is 25.4 Å². The summed E-state index contributed by atoms with van der Waals surface area (Å²) < 4.78 is 5.17. The highest BCUT2D eigenvalue weighted by Crippen LogP contribution is 2.22. The highest BCUT2D eigenvalue weighted by molar-refractivity contribution is 5.93. The van der Waals surface area contributed by atoms with Gasteiger partial charge in [0.2, 0.25) is 5.91 Å². The van der Waals surface area contributed by atoms with Crippen molar-refractivity contribution in [1.29, 1.82) is 0 Å². The Kier molecular flexibility index (Phi) is 3.91. The number of methoxy groups -OCH3 is 1. The first-order valence-corrected chi connectivity index (χ1v) is 5.62. The van der Waals surface area contributed by atoms with Crippen molar-refractivity contribution in [1.82, 2.24) is 4.98 Å². The van der Waals surface area contributed by atoms with Gasteiger partial charge in [0.15, 0.2) is 0 Å². The minimum atomic E-state index is -0.113. The van der Waals surface area contributed by atoms with Gasteiger partial charge in [-0.25, -0.2) is 0 Å². The van der Waals surface area contributed by atoms with Crippen molar-refractivity contribution in [3.63, 3.8) is 0 Å². The van der Waals surface area contributed by atoms with E-state index in [9.17, 15) is 4.79 Å². The van der Waals surface area contributed by atoms with E-state index in [-0.39, 0.29) is 12.3 Å². The van der Waals surface area contributed by atoms with E-state index in [0.717, 1.165) is 5.69 Å². The lowest BCUT2D eigenvalue weighted by Crippen LogP contribution is -2.15. The van der Waals surface area contributed by atoms with Crippen molar-refractivity contribution in [2.75, 3.05) is 12.4 Å². The third kappa shape index (κ3) is 3.07. The minimum absolute atomic E-state index is 0.113. The van der Waals surface area contributed by atoms with Crippen molar-refractivity contribution in [2.24, 2.45) is 0 Å². The summed E-state index contributed by atoms with van der Waals surface area (Å²) in [5, 5.41) is 2.81. The van der Waals surface area contributed by atoms with Gasteiger partial charge >= 0.3 is 0 Å². The first kappa shape index (κ1) is 12.1. The van der Waals surface area contributed by atoms with Crippen molar-refractivity contribution in [2.45, 2.75) is 6.42 Å². The highest BCUT2D eigenvalue weighted by atomic mass is 16.5. The molecule has 1 aromatic heterocycles. The fraction of sp³-hybridized carbons (Fsp3) is 0.143. The predicted octanol–water partition coefficient (Wildman–Crippen LogP) is 2.27. The van der Waals surface area contributed by atoms with Gasteiger partial charge in [-0.2, -0.15) is 0 Å². The molecule has 0 unspecified atom stereocenters. The van der Waals surface area contributed by atoms with E-state index in [2.05, 4.69) is 10.3 Å². The van der Waals surface area contributed by atoms with Gasteiger partial charge in [-0.15, -0.1) is 0 Å². The molecule has 1 heterocycles. The molecule has 0 spiro atoms. The molecule has 0 aliphatic carbocycles. The number of nitrogens with zero attached hydrogens (tertiary/aromatic N) is 1. The molecule has 4 nitrogen and oxygen atoms in total. The van der Waals surface area contributed by atoms with Crippen molar-refractivity contribution >= 4 is 11.6 Å². The summed E-state index contributed by atoms with van der Waals surface area (Å²) in [5.41, 5.74) is 1.41. The molecule has 0 saturated carbocycles. The van der Waals surface area contributed by atoms with Crippen molar-refractivity contribution < 1.29 is 9.53 Å². The number of carbonyl (C=O) groups excluding carboxylic acids is 1. The van der Waals surface area contributed by atoms with Gasteiger partial charge in [0.05, 0.1) is 19.2 Å². The molecule has 0 radical (unpaired) electrons. The molecule has 18 heavy (non-hydrogen) atoms. The Morgan fingerprint density at radius 1 is 1.22 bits per heavy atom. The van der Waals surface area contributed by atoms with Gasteiger partial charge in [0.1, 0.15) is 5.75 Å². The molecule has 2 aromatic rings. The average Bonchev–Trinajstić information content (AvgIpc) is 2.40. The smallest absolute Gasteiger partial charge is 0.230 e. The molecule has 92 valence electrons. The largest absolute Gasteiger partial charge is 0.495 e. The monoisotopic (exact) mass is 242 g/mol. The highest BCUT2D eigenvalue weighted by Gasteiger charge is 2.07. The summed E-state index contributed by atoms with van der Waals surface area (Å²) in [7, 11) is 1.57. The van der Waals surface area contributed by atoms with Gasteiger partial charge < -0.3 is 10.1 Å². The molecular weight excluding hydrogens is 228 g/mol. The molecule has 0 aliphatic rings. The van der Waals surface area contributed by atoms with Crippen molar-refractivity contribution in [3.05, 3.63) is 54.4 Å². The fourth-order valence-corrected chi connectivity index (χ4v) is 1.61. The zero-order chi connectivity index (χ0) is 12.8. The first-order valence-electron chi connectivity index (χ1n) is 5.62. The third-order valence-corrected chi connectivity index (χ3v) is 2.45. The first-order chi connectivity index (χ1) is 8.79. The van der Waals surface area contributed by atoms with Crippen LogP contribution in [0.4, 0.5) is 5.69 Å². The molecule has 0 aliphatic heterocycles. The number of amides is 1. The molecule has 1 N–H and O–H groups in total. The number of para-hydroxylation sites is 2. The summed E-state index contributed by atoms with van der Waals surface area (Å²) in [6.45, 7) is 0. The Morgan fingerprint density at radius 3 is 2.72 bits per heavy atom. The molecule has 0 fully saturated rings. The van der Waals surface area contributed by atoms with E-state index >= 15 is 0 Å². The summed E-state index contributed by atoms with van der Waals surface area (Å²) in [6, 6.07) is 12.8. The Labute approximate surface area is 106 Å². The van der Waals surface area contributed by atoms with Crippen LogP contribution in [0.25, 0.3) is 0 Å². The number of ether oxygens (including phenoxy) is 1. The maximum Gasteiger partial charge on any atom is 0.230 e. The van der Waals surface area contributed by atoms with Gasteiger partial charge in [-0.3, -0.25) is 9.78 Å². The summed E-state index contributed by atoms with van der Waals surface area (Å²) >= 11 is 0. The third-order valence-electron chi connectivity index (χ3n) is 2.45. The Balaban J connectivity index is 2.03. The predicted molar refractivity (Wildman–Crippen MR) is 69.6 cm³/mol. The normalized spacial score (nSPS) is 9.83. The van der Waals surface area contributed by atoms with Crippen LogP contribution >= 0.6 is 0 Å². The maximum atomic E-state index is 11.8. The second-order valence-electron chi connectivity index (χ2n) is 3.75. The van der Waals surface area contributed by atoms with E-state index < -0.39 is 0 Å². The van der Waals surface area contributed by atoms with Gasteiger partial charge in [-0.05, 0) is 24.3 Å². The van der Waals surface area contributed by atoms with E-state index in [0.29, 0.717) is 11.4 Å². The lowest BCUT2D eigenvalue weighted by molar-refractivity contribution is -0.115. The summed E-state index contributed by atoms with van der Waals surface area (Å²) in [5.74, 6) is 0.532. The Hall–Kier alpha value is -2.36. The second kappa shape index (κ2) is 5.82. The zero-order valence-corrected chi connectivity index (χ0v) is 10.1. The number of pyridine rings is 1. The number of hydrogen-bond acceptors (Lipinski definition) is 3. The van der Waals surface area contributed by atoms with Crippen molar-refractivity contribution in [3.8, 4) is 5.75 Å². The summed E-state index contributed by atoms with van der Waals surface area (Å²) in [6.07, 6.45) is 1.92. The number of anilines is 1. The lowest BCUT2D eigenvalue weighted by atomic mass is 10.2. The molecule has 2 rings (SSSR count). The maximum absolute atomic E-state index is 11.8. The molecule has 0 bridgehead atoms. The van der Waals surface area contributed by atoms with Gasteiger partial charge in [0.25, 0.3) is 0 Å². The van der Waals surface area contributed by atoms with Crippen LogP contribution in [0.1, 0.15) is 5.69 Å². The minimum Gasteiger partial charge on any atom is -0.495 e. The zero-order valence-electron chi connectivity index (χ0n) is 10.1. The van der Waals surface area contributed by atoms with Crippen LogP contribution in [-0.2, 0) is 11.2 Å². The van der Waals surface area contributed by atoms with Crippen LogP contribution in [0.5, 0.6) is 5.75 Å². The average molecular weight is 242 g/mol. The number of nitrogens with one attached hydrogen (secondary N) is 1. The van der Waals surface area contributed by atoms with Crippen LogP contribution in [0.15, 0.2) is 48.7 Å². The van der Waals surface area contributed by atoms with E-state index in [4.69, 9.17) is 4.74 Å². The molecular formula is C14H14N2O2. The Morgan fingerprint density at radius 2 is 2.00 bits per heavy atom. The molecule has 0 atom stereocenters. The molecule has 4 heteroatoms. The van der Waals surface area contributed by atoms with Crippen LogP contribution in [0.3, 0.4) is 0 Å². The molecule has 1 amide bonds. The topological polar surface area (TPSA) is 51.2 Å². The van der Waals surface area contributed by atoms with Gasteiger partial charge in [-0.1, -0.05) is 18.2 Å². The number of carbonyl (C=O) groups is 1. The van der Waals surface area contributed by atoms with E-state index in [1.807, 2.05) is 30.3 Å². The van der Waals surface area contributed by atoms with Crippen LogP contribution in [0, 0.1) is 0 Å². The standard InChI is InChI=1S/C14H14N2O2/c1-18-13-8-3-2-7-12(13)16-14(17)10-11-6-4-5-9-15-11/h2-9H,10H2,1H3,(H,16,17). The van der Waals surface area contributed by atoms with Crippen LogP contribution < -0.4 is 10.1 Å². The summed E-state index contributed by atoms with van der Waals surface area (Å²) in [4.78, 5) is 16.0. The van der Waals surface area contributed by atoms with E-state index in [1.165, 1.54) is 0 Å². The molecule has 0 saturated heterocycles. The fourth-order valence-electron chi connectivity index (χ4n) is 1.61. The quantitative estimate of drug-likeness (QED) is 0.894. The SMILES string of the molecule is COc1ccccc1NC(=O)Cc1ccccn1. The number of rotatable bonds is 4. The molecule has 1 aromatic carbocycles.